The molecule has 3 saturated carbocycles. The zero-order valence-corrected chi connectivity index (χ0v) is 36.3. The van der Waals surface area contributed by atoms with E-state index < -0.39 is 105 Å². The predicted octanol–water partition coefficient (Wildman–Crippen LogP) is 0.155. The molecule has 0 aromatic heterocycles. The largest absolute Gasteiger partial charge is 0.394 e. The minimum atomic E-state index is -1.81. The fourth-order valence-corrected chi connectivity index (χ4v) is 14.8. The van der Waals surface area contributed by atoms with Crippen LogP contribution in [0.15, 0.2) is 11.6 Å². The number of aliphatic hydroxyl groups is 9. The van der Waals surface area contributed by atoms with Crippen molar-refractivity contribution >= 4 is 0 Å². The molecule has 8 fully saturated rings. The normalized spacial score (nSPS) is 57.3. The van der Waals surface area contributed by atoms with Gasteiger partial charge in [0, 0.05) is 18.6 Å². The van der Waals surface area contributed by atoms with E-state index in [1.165, 1.54) is 51.1 Å². The van der Waals surface area contributed by atoms with Crippen molar-refractivity contribution in [2.24, 2.45) is 46.3 Å². The van der Waals surface area contributed by atoms with Gasteiger partial charge in [0.1, 0.15) is 67.1 Å². The molecule has 4 aliphatic carbocycles. The molecule has 16 heteroatoms. The monoisotopic (exact) mass is 867 g/mol. The predicted molar refractivity (Wildman–Crippen MR) is 215 cm³/mol. The first-order chi connectivity index (χ1) is 29.0. The van der Waals surface area contributed by atoms with Crippen LogP contribution < -0.4 is 0 Å². The fraction of sp³-hybridized carbons (Fsp3) is 0.956. The summed E-state index contributed by atoms with van der Waals surface area (Å²) in [4.78, 5) is 2.94. The van der Waals surface area contributed by atoms with Gasteiger partial charge >= 0.3 is 0 Å². The van der Waals surface area contributed by atoms with E-state index in [-0.39, 0.29) is 11.5 Å². The molecule has 9 rings (SSSR count). The first kappa shape index (κ1) is 45.3. The summed E-state index contributed by atoms with van der Waals surface area (Å²) in [6.07, 6.45) is -10.8. The first-order valence-corrected chi connectivity index (χ1v) is 23.4. The summed E-state index contributed by atoms with van der Waals surface area (Å²) in [6, 6.07) is 1.44. The van der Waals surface area contributed by atoms with Gasteiger partial charge in [-0.3, -0.25) is 4.90 Å². The van der Waals surface area contributed by atoms with Gasteiger partial charge in [-0.25, -0.2) is 0 Å². The highest BCUT2D eigenvalue weighted by Gasteiger charge is 2.66. The number of ether oxygens (including phenoxy) is 6. The Hall–Kier alpha value is -0.900. The fourth-order valence-electron chi connectivity index (χ4n) is 14.8. The minimum absolute atomic E-state index is 0.0174. The number of rotatable bonds is 8. The third kappa shape index (κ3) is 7.42. The topological polar surface area (TPSA) is 241 Å². The zero-order valence-electron chi connectivity index (χ0n) is 36.3. The zero-order chi connectivity index (χ0) is 43.4. The van der Waals surface area contributed by atoms with Crippen LogP contribution >= 0.6 is 0 Å². The van der Waals surface area contributed by atoms with Crippen LogP contribution in [0.2, 0.25) is 0 Å². The van der Waals surface area contributed by atoms with Crippen molar-refractivity contribution in [2.75, 3.05) is 19.8 Å². The van der Waals surface area contributed by atoms with Gasteiger partial charge in [0.15, 0.2) is 18.9 Å². The first-order valence-electron chi connectivity index (χ1n) is 23.4. The van der Waals surface area contributed by atoms with Crippen molar-refractivity contribution in [3.63, 3.8) is 0 Å². The van der Waals surface area contributed by atoms with E-state index in [0.717, 1.165) is 36.6 Å². The smallest absolute Gasteiger partial charge is 0.187 e. The van der Waals surface area contributed by atoms with E-state index in [4.69, 9.17) is 28.4 Å². The number of fused-ring (bicyclic) bond motifs is 9. The molecular formula is C45H73NO15. The second-order valence-corrected chi connectivity index (χ2v) is 21.2. The van der Waals surface area contributed by atoms with Gasteiger partial charge in [0.25, 0.3) is 0 Å². The molecule has 0 radical (unpaired) electrons. The lowest BCUT2D eigenvalue weighted by molar-refractivity contribution is -0.389. The van der Waals surface area contributed by atoms with E-state index in [1.54, 1.807) is 0 Å². The van der Waals surface area contributed by atoms with Crippen molar-refractivity contribution in [3.05, 3.63) is 11.6 Å². The second-order valence-electron chi connectivity index (χ2n) is 21.2. The summed E-state index contributed by atoms with van der Waals surface area (Å²) in [6.45, 7) is 11.4. The maximum Gasteiger partial charge on any atom is 0.187 e. The number of allylic oxidation sites excluding steroid dienone is 1. The Morgan fingerprint density at radius 1 is 0.672 bits per heavy atom. The lowest BCUT2D eigenvalue weighted by Gasteiger charge is -2.58. The average molecular weight is 868 g/mol. The van der Waals surface area contributed by atoms with Crippen molar-refractivity contribution in [1.82, 2.24) is 4.90 Å². The maximum atomic E-state index is 12.0. The number of nitrogens with zero attached hydrogens (tertiary/aromatic N) is 1. The van der Waals surface area contributed by atoms with Crippen LogP contribution in [0.25, 0.3) is 0 Å². The summed E-state index contributed by atoms with van der Waals surface area (Å²) in [5, 5.41) is 95.8. The van der Waals surface area contributed by atoms with Gasteiger partial charge in [-0.05, 0) is 111 Å². The highest BCUT2D eigenvalue weighted by atomic mass is 16.8. The lowest BCUT2D eigenvalue weighted by Crippen LogP contribution is -2.67. The molecular weight excluding hydrogens is 794 g/mol. The minimum Gasteiger partial charge on any atom is -0.394 e. The Morgan fingerprint density at radius 2 is 1.34 bits per heavy atom. The standard InChI is InChI=1S/C45H73NO15/c1-19-6-9-27-20(2)31-28(46(27)16-19)15-26-24-8-7-22-14-23(10-12-44(22,4)25(24)11-13-45(26,31)5)57-43-40(61-41-36(53)34(51)32(49)21(3)56-41)38(55)39(30(18-48)59-43)60-42-37(54)35(52)33(50)29(17-47)58-42/h7,19-21,23-43,47-55H,6,8-18H2,1-5H3/t19-,20?,21-,23-,24?,25?,26?,27?,28?,29+,30+,31?,32-,33+,34+,35-,36+,37+,38-,39+,40+,41-,42-,43+,44-,45-/m0/s1. The second kappa shape index (κ2) is 17.1. The molecule has 5 aliphatic heterocycles. The number of aliphatic hydroxyl groups excluding tert-OH is 9. The average Bonchev–Trinajstić information content (AvgIpc) is 3.71. The molecule has 16 nitrogen and oxygen atoms in total. The summed E-state index contributed by atoms with van der Waals surface area (Å²) in [5.41, 5.74) is 1.75. The molecule has 5 heterocycles. The SMILES string of the molecule is CC1C2CC[C@H](C)CN2C2CC3C4CC=C5C[C@@H](O[C@@H]6O[C@H](CO)[C@@H](O[C@@H]7O[C@H](CO)[C@@H](O)[C@H](O)[C@H]7O)[C@H](O)[C@H]6O[C@@H]6O[C@@H](C)[C@H](O)[C@@H](O)[C@H]6O)CC[C@]5(C)C4CC[C@]3(C)C12. The summed E-state index contributed by atoms with van der Waals surface area (Å²) >= 11 is 0. The third-order valence-electron chi connectivity index (χ3n) is 18.0. The van der Waals surface area contributed by atoms with Crippen molar-refractivity contribution in [1.29, 1.82) is 0 Å². The molecule has 0 spiro atoms. The highest BCUT2D eigenvalue weighted by molar-refractivity contribution is 5.27. The molecule has 9 N–H and O–H groups in total. The van der Waals surface area contributed by atoms with Crippen molar-refractivity contribution in [2.45, 2.75) is 203 Å². The molecule has 7 unspecified atom stereocenters. The quantitative estimate of drug-likeness (QED) is 0.148. The number of piperidine rings is 1. The van der Waals surface area contributed by atoms with Crippen LogP contribution in [0.3, 0.4) is 0 Å². The molecule has 61 heavy (non-hydrogen) atoms. The Balaban J connectivity index is 0.929. The van der Waals surface area contributed by atoms with Crippen LogP contribution in [-0.2, 0) is 28.4 Å². The molecule has 0 amide bonds. The molecule has 9 aliphatic rings. The van der Waals surface area contributed by atoms with E-state index in [1.807, 2.05) is 0 Å². The molecule has 0 aromatic rings. The maximum absolute atomic E-state index is 12.0. The molecule has 0 aromatic carbocycles. The Labute approximate surface area is 359 Å². The van der Waals surface area contributed by atoms with Crippen LogP contribution in [0.4, 0.5) is 0 Å². The Bertz CT molecular complexity index is 1590. The van der Waals surface area contributed by atoms with Crippen LogP contribution in [-0.4, -0.2) is 181 Å². The van der Waals surface area contributed by atoms with E-state index in [2.05, 4.69) is 38.7 Å². The van der Waals surface area contributed by atoms with E-state index in [0.29, 0.717) is 42.1 Å². The van der Waals surface area contributed by atoms with Crippen molar-refractivity contribution in [3.8, 4) is 0 Å². The van der Waals surface area contributed by atoms with Gasteiger partial charge in [0.2, 0.25) is 0 Å². The molecule has 0 bridgehead atoms. The Kier molecular flexibility index (Phi) is 12.7. The summed E-state index contributed by atoms with van der Waals surface area (Å²) in [5.74, 6) is 4.19. The van der Waals surface area contributed by atoms with Gasteiger partial charge < -0.3 is 74.4 Å². The number of hydrogen-bond acceptors (Lipinski definition) is 16. The third-order valence-corrected chi connectivity index (χ3v) is 18.0. The van der Waals surface area contributed by atoms with Crippen LogP contribution in [0.5, 0.6) is 0 Å². The van der Waals surface area contributed by atoms with Crippen LogP contribution in [0.1, 0.15) is 92.4 Å². The highest BCUT2D eigenvalue weighted by Crippen LogP contribution is 2.70. The summed E-state index contributed by atoms with van der Waals surface area (Å²) in [7, 11) is 0. The van der Waals surface area contributed by atoms with Gasteiger partial charge in [-0.1, -0.05) is 39.3 Å². The van der Waals surface area contributed by atoms with Gasteiger partial charge in [0.05, 0.1) is 25.4 Å². The van der Waals surface area contributed by atoms with Crippen LogP contribution in [0, 0.1) is 46.3 Å². The summed E-state index contributed by atoms with van der Waals surface area (Å²) < 4.78 is 36.5. The molecule has 26 atom stereocenters. The van der Waals surface area contributed by atoms with E-state index >= 15 is 0 Å². The number of hydrogen-bond donors (Lipinski definition) is 9. The Morgan fingerprint density at radius 3 is 2.07 bits per heavy atom. The van der Waals surface area contributed by atoms with Gasteiger partial charge in [-0.15, -0.1) is 0 Å². The van der Waals surface area contributed by atoms with E-state index in [9.17, 15) is 46.0 Å². The van der Waals surface area contributed by atoms with Gasteiger partial charge in [-0.2, -0.15) is 0 Å². The molecule has 348 valence electrons. The van der Waals surface area contributed by atoms with Crippen molar-refractivity contribution < 1.29 is 74.4 Å². The lowest BCUT2D eigenvalue weighted by atomic mass is 9.47. The molecule has 5 saturated heterocycles.